The molecule has 0 saturated carbocycles. The number of carbonyl (C=O) groups excluding carboxylic acids is 1. The predicted octanol–water partition coefficient (Wildman–Crippen LogP) is 2.84. The van der Waals surface area contributed by atoms with Crippen molar-refractivity contribution in [1.82, 2.24) is 4.90 Å². The maximum atomic E-state index is 13.0. The number of nitrogens with two attached hydrogens (primary N) is 1. The minimum absolute atomic E-state index is 0.0753. The Morgan fingerprint density at radius 1 is 1.26 bits per heavy atom. The molecule has 0 aliphatic carbocycles. The number of methoxy groups -OCH3 is 1. The number of nitrogen functional groups attached to an aromatic ring is 1. The molecule has 0 radical (unpaired) electrons. The lowest BCUT2D eigenvalue weighted by Gasteiger charge is -2.34. The molecular weight excluding hydrogens is 344 g/mol. The van der Waals surface area contributed by atoms with Crippen molar-refractivity contribution in [2.24, 2.45) is 0 Å². The molecule has 2 aromatic carbocycles. The Balaban J connectivity index is 1.84. The van der Waals surface area contributed by atoms with Gasteiger partial charge in [-0.25, -0.2) is 0 Å². The summed E-state index contributed by atoms with van der Waals surface area (Å²) in [4.78, 5) is 14.7. The monoisotopic (exact) mass is 370 g/mol. The first-order valence-corrected chi connectivity index (χ1v) is 9.05. The molecule has 1 heterocycles. The van der Waals surface area contributed by atoms with E-state index in [2.05, 4.69) is 0 Å². The Bertz CT molecular complexity index is 809. The van der Waals surface area contributed by atoms with Crippen molar-refractivity contribution in [3.63, 3.8) is 0 Å². The largest absolute Gasteiger partial charge is 0.493 e. The van der Waals surface area contributed by atoms with Gasteiger partial charge in [-0.2, -0.15) is 0 Å². The molecule has 2 aromatic rings. The van der Waals surface area contributed by atoms with Crippen LogP contribution in [0.1, 0.15) is 35.7 Å². The first kappa shape index (κ1) is 19.0. The standard InChI is InChI=1S/C21H26N2O4/c1-21(14-24)9-6-10-23(21)20(25)16-11-18(26-2)19(12-17(16)22)27-13-15-7-4-3-5-8-15/h3-5,7-8,11-12,24H,6,9-10,13-14,22H2,1-2H3/t21-/m0/s1. The van der Waals surface area contributed by atoms with Crippen molar-refractivity contribution in [1.29, 1.82) is 0 Å². The lowest BCUT2D eigenvalue weighted by atomic mass is 9.99. The number of hydrogen-bond donors (Lipinski definition) is 2. The Labute approximate surface area is 159 Å². The van der Waals surface area contributed by atoms with Crippen LogP contribution in [0.5, 0.6) is 11.5 Å². The number of benzene rings is 2. The smallest absolute Gasteiger partial charge is 0.256 e. The second-order valence-electron chi connectivity index (χ2n) is 7.08. The lowest BCUT2D eigenvalue weighted by Crippen LogP contribution is -2.47. The van der Waals surface area contributed by atoms with Gasteiger partial charge >= 0.3 is 0 Å². The van der Waals surface area contributed by atoms with Gasteiger partial charge in [0.15, 0.2) is 11.5 Å². The summed E-state index contributed by atoms with van der Waals surface area (Å²) < 4.78 is 11.3. The highest BCUT2D eigenvalue weighted by molar-refractivity contribution is 6.00. The topological polar surface area (TPSA) is 85.0 Å². The molecule has 0 unspecified atom stereocenters. The fraction of sp³-hybridized carbons (Fsp3) is 0.381. The van der Waals surface area contributed by atoms with E-state index in [0.29, 0.717) is 35.9 Å². The maximum absolute atomic E-state index is 13.0. The molecule has 3 N–H and O–H groups in total. The zero-order chi connectivity index (χ0) is 19.4. The summed E-state index contributed by atoms with van der Waals surface area (Å²) in [6, 6.07) is 13.0. The van der Waals surface area contributed by atoms with Crippen LogP contribution in [-0.2, 0) is 6.61 Å². The van der Waals surface area contributed by atoms with Gasteiger partial charge in [-0.3, -0.25) is 4.79 Å². The number of anilines is 1. The number of aliphatic hydroxyl groups excluding tert-OH is 1. The SMILES string of the molecule is COc1cc(C(=O)N2CCC[C@@]2(C)CO)c(N)cc1OCc1ccccc1. The highest BCUT2D eigenvalue weighted by Crippen LogP contribution is 2.36. The number of likely N-dealkylation sites (tertiary alicyclic amines) is 1. The molecule has 1 atom stereocenters. The number of nitrogens with zero attached hydrogens (tertiary/aromatic N) is 1. The van der Waals surface area contributed by atoms with Crippen molar-refractivity contribution in [3.05, 3.63) is 53.6 Å². The molecule has 1 fully saturated rings. The summed E-state index contributed by atoms with van der Waals surface area (Å²) in [5.74, 6) is 0.740. The summed E-state index contributed by atoms with van der Waals surface area (Å²) in [6.07, 6.45) is 1.63. The number of rotatable bonds is 6. The van der Waals surface area contributed by atoms with Crippen molar-refractivity contribution < 1.29 is 19.4 Å². The zero-order valence-corrected chi connectivity index (χ0v) is 15.8. The van der Waals surface area contributed by atoms with Gasteiger partial charge in [0.2, 0.25) is 0 Å². The average molecular weight is 370 g/mol. The van der Waals surface area contributed by atoms with Gasteiger partial charge in [-0.05, 0) is 31.4 Å². The molecular formula is C21H26N2O4. The van der Waals surface area contributed by atoms with Crippen molar-refractivity contribution in [2.75, 3.05) is 26.0 Å². The molecule has 1 aliphatic heterocycles. The lowest BCUT2D eigenvalue weighted by molar-refractivity contribution is 0.0473. The zero-order valence-electron chi connectivity index (χ0n) is 15.8. The molecule has 1 saturated heterocycles. The van der Waals surface area contributed by atoms with Crippen LogP contribution in [-0.4, -0.2) is 41.7 Å². The van der Waals surface area contributed by atoms with Crippen molar-refractivity contribution in [3.8, 4) is 11.5 Å². The summed E-state index contributed by atoms with van der Waals surface area (Å²) in [6.45, 7) is 2.79. The first-order valence-electron chi connectivity index (χ1n) is 9.05. The Hall–Kier alpha value is -2.73. The first-order chi connectivity index (χ1) is 13.0. The molecule has 3 rings (SSSR count). The van der Waals surface area contributed by atoms with E-state index in [1.54, 1.807) is 17.0 Å². The molecule has 6 heteroatoms. The summed E-state index contributed by atoms with van der Waals surface area (Å²) >= 11 is 0. The van der Waals surface area contributed by atoms with Crippen LogP contribution in [0.3, 0.4) is 0 Å². The van der Waals surface area contributed by atoms with E-state index in [1.165, 1.54) is 7.11 Å². The van der Waals surface area contributed by atoms with Gasteiger partial charge < -0.3 is 25.2 Å². The average Bonchev–Trinajstić information content (AvgIpc) is 3.09. The molecule has 0 bridgehead atoms. The second kappa shape index (κ2) is 7.88. The molecule has 0 aromatic heterocycles. The molecule has 1 aliphatic rings. The van der Waals surface area contributed by atoms with Crippen molar-refractivity contribution >= 4 is 11.6 Å². The molecule has 27 heavy (non-hydrogen) atoms. The van der Waals surface area contributed by atoms with E-state index in [1.807, 2.05) is 37.3 Å². The number of ether oxygens (including phenoxy) is 2. The van der Waals surface area contributed by atoms with Gasteiger partial charge in [0.05, 0.1) is 24.8 Å². The number of amides is 1. The quantitative estimate of drug-likeness (QED) is 0.764. The van der Waals surface area contributed by atoms with Crippen LogP contribution in [0, 0.1) is 0 Å². The highest BCUT2D eigenvalue weighted by atomic mass is 16.5. The van der Waals surface area contributed by atoms with E-state index >= 15 is 0 Å². The van der Waals surface area contributed by atoms with Crippen LogP contribution >= 0.6 is 0 Å². The third-order valence-corrected chi connectivity index (χ3v) is 5.14. The van der Waals surface area contributed by atoms with Gasteiger partial charge in [0.25, 0.3) is 5.91 Å². The van der Waals surface area contributed by atoms with Gasteiger partial charge in [-0.1, -0.05) is 30.3 Å². The summed E-state index contributed by atoms with van der Waals surface area (Å²) in [5, 5.41) is 9.71. The van der Waals surface area contributed by atoms with E-state index in [4.69, 9.17) is 15.2 Å². The fourth-order valence-corrected chi connectivity index (χ4v) is 3.45. The van der Waals surface area contributed by atoms with E-state index in [9.17, 15) is 9.90 Å². The number of aliphatic hydroxyl groups is 1. The normalized spacial score (nSPS) is 19.1. The van der Waals surface area contributed by atoms with Crippen LogP contribution in [0.15, 0.2) is 42.5 Å². The predicted molar refractivity (Wildman–Crippen MR) is 104 cm³/mol. The second-order valence-corrected chi connectivity index (χ2v) is 7.08. The van der Waals surface area contributed by atoms with E-state index in [0.717, 1.165) is 18.4 Å². The maximum Gasteiger partial charge on any atom is 0.256 e. The molecule has 1 amide bonds. The third-order valence-electron chi connectivity index (χ3n) is 5.14. The molecule has 144 valence electrons. The van der Waals surface area contributed by atoms with Gasteiger partial charge in [0.1, 0.15) is 6.61 Å². The minimum atomic E-state index is -0.556. The summed E-state index contributed by atoms with van der Waals surface area (Å²) in [7, 11) is 1.53. The van der Waals surface area contributed by atoms with Crippen LogP contribution in [0.25, 0.3) is 0 Å². The Morgan fingerprint density at radius 2 is 2.00 bits per heavy atom. The molecule has 0 spiro atoms. The van der Waals surface area contributed by atoms with Crippen LogP contribution in [0.4, 0.5) is 5.69 Å². The Morgan fingerprint density at radius 3 is 2.67 bits per heavy atom. The van der Waals surface area contributed by atoms with Gasteiger partial charge in [0, 0.05) is 18.3 Å². The van der Waals surface area contributed by atoms with E-state index in [-0.39, 0.29) is 12.5 Å². The number of hydrogen-bond acceptors (Lipinski definition) is 5. The molecule has 6 nitrogen and oxygen atoms in total. The van der Waals surface area contributed by atoms with Crippen LogP contribution in [0.2, 0.25) is 0 Å². The fourth-order valence-electron chi connectivity index (χ4n) is 3.45. The third kappa shape index (κ3) is 3.85. The van der Waals surface area contributed by atoms with Crippen LogP contribution < -0.4 is 15.2 Å². The van der Waals surface area contributed by atoms with E-state index < -0.39 is 5.54 Å². The van der Waals surface area contributed by atoms with Gasteiger partial charge in [-0.15, -0.1) is 0 Å². The Kier molecular flexibility index (Phi) is 5.56. The highest BCUT2D eigenvalue weighted by Gasteiger charge is 2.40. The number of carbonyl (C=O) groups is 1. The minimum Gasteiger partial charge on any atom is -0.493 e. The summed E-state index contributed by atoms with van der Waals surface area (Å²) in [5.41, 5.74) is 7.32. The van der Waals surface area contributed by atoms with Crippen molar-refractivity contribution in [2.45, 2.75) is 31.9 Å².